The minimum absolute atomic E-state index is 0.0533. The van der Waals surface area contributed by atoms with Crippen molar-refractivity contribution in [3.8, 4) is 0 Å². The van der Waals surface area contributed by atoms with Crippen LogP contribution in [0.1, 0.15) is 399 Å². The van der Waals surface area contributed by atoms with Gasteiger partial charge in [-0.1, -0.05) is 386 Å². The van der Waals surface area contributed by atoms with Gasteiger partial charge in [0.15, 0.2) is 0 Å². The molecule has 2 unspecified atom stereocenters. The molecule has 0 radical (unpaired) electrons. The van der Waals surface area contributed by atoms with E-state index in [1.807, 2.05) is 6.08 Å². The first-order valence-corrected chi connectivity index (χ1v) is 33.9. The van der Waals surface area contributed by atoms with Gasteiger partial charge in [-0.3, -0.25) is 4.79 Å². The monoisotopic (exact) mass is 1010 g/mol. The van der Waals surface area contributed by atoms with Crippen molar-refractivity contribution in [1.82, 2.24) is 5.32 Å². The van der Waals surface area contributed by atoms with Gasteiger partial charge in [0.1, 0.15) is 0 Å². The zero-order chi connectivity index (χ0) is 52.0. The zero-order valence-corrected chi connectivity index (χ0v) is 49.7. The summed E-state index contributed by atoms with van der Waals surface area (Å²) in [7, 11) is 0. The number of unbranched alkanes of at least 4 members (excludes halogenated alkanes) is 57. The zero-order valence-electron chi connectivity index (χ0n) is 49.7. The van der Waals surface area contributed by atoms with Crippen LogP contribution in [0.4, 0.5) is 0 Å². The second-order valence-electron chi connectivity index (χ2n) is 23.6. The molecule has 0 saturated heterocycles. The Labute approximate surface area is 454 Å². The molecule has 4 nitrogen and oxygen atoms in total. The van der Waals surface area contributed by atoms with Gasteiger partial charge in [0, 0.05) is 6.42 Å². The van der Waals surface area contributed by atoms with Crippen molar-refractivity contribution in [1.29, 1.82) is 0 Å². The average Bonchev–Trinajstić information content (AvgIpc) is 3.39. The lowest BCUT2D eigenvalue weighted by Gasteiger charge is -2.20. The Kier molecular flexibility index (Phi) is 63.6. The quantitative estimate of drug-likeness (QED) is 0.0420. The van der Waals surface area contributed by atoms with E-state index in [0.29, 0.717) is 6.42 Å². The number of allylic oxidation sites excluding steroid dienone is 1. The lowest BCUT2D eigenvalue weighted by molar-refractivity contribution is -0.123. The normalized spacial score (nSPS) is 12.7. The summed E-state index contributed by atoms with van der Waals surface area (Å²) in [6.45, 7) is 4.37. The van der Waals surface area contributed by atoms with Crippen molar-refractivity contribution >= 4 is 5.91 Å². The van der Waals surface area contributed by atoms with E-state index in [2.05, 4.69) is 19.2 Å². The topological polar surface area (TPSA) is 69.6 Å². The number of hydrogen-bond donors (Lipinski definition) is 3. The molecule has 0 fully saturated rings. The van der Waals surface area contributed by atoms with Crippen molar-refractivity contribution < 1.29 is 15.0 Å². The molecule has 0 heterocycles. The third kappa shape index (κ3) is 60.0. The molecule has 0 spiro atoms. The van der Waals surface area contributed by atoms with Crippen LogP contribution in [0.5, 0.6) is 0 Å². The molecule has 0 aliphatic carbocycles. The molecule has 430 valence electrons. The molecule has 0 aromatic heterocycles. The summed E-state index contributed by atoms with van der Waals surface area (Å²) >= 11 is 0. The molecule has 2 atom stereocenters. The smallest absolute Gasteiger partial charge is 0.220 e. The van der Waals surface area contributed by atoms with Crippen LogP contribution in [-0.2, 0) is 4.79 Å². The summed E-state index contributed by atoms with van der Waals surface area (Å²) < 4.78 is 0. The lowest BCUT2D eigenvalue weighted by Crippen LogP contribution is -2.45. The molecule has 0 aliphatic rings. The minimum atomic E-state index is -0.837. The molecule has 3 N–H and O–H groups in total. The van der Waals surface area contributed by atoms with Crippen molar-refractivity contribution in [2.24, 2.45) is 0 Å². The van der Waals surface area contributed by atoms with Crippen molar-refractivity contribution in [2.45, 2.75) is 411 Å². The highest BCUT2D eigenvalue weighted by Gasteiger charge is 2.18. The van der Waals surface area contributed by atoms with Gasteiger partial charge >= 0.3 is 0 Å². The van der Waals surface area contributed by atoms with Crippen LogP contribution in [0.15, 0.2) is 12.2 Å². The molecule has 1 amide bonds. The largest absolute Gasteiger partial charge is 0.394 e. The van der Waals surface area contributed by atoms with Gasteiger partial charge in [0.2, 0.25) is 5.91 Å². The maximum absolute atomic E-state index is 12.5. The van der Waals surface area contributed by atoms with Crippen LogP contribution in [-0.4, -0.2) is 34.9 Å². The molecule has 0 rings (SSSR count). The standard InChI is InChI=1S/C68H135NO3/c1-3-5-7-9-11-13-15-17-19-21-23-25-27-29-31-33-34-36-37-39-41-43-45-47-49-51-53-55-57-59-61-63-67(71)66(65-70)69-68(72)64-62-60-58-56-54-52-50-48-46-44-42-40-38-35-32-30-28-26-24-22-20-18-16-14-12-10-8-6-4-2/h61,63,66-67,70-71H,3-60,62,64-65H2,1-2H3,(H,69,72)/b63-61+. The van der Waals surface area contributed by atoms with E-state index >= 15 is 0 Å². The molecule has 0 aliphatic heterocycles. The maximum atomic E-state index is 12.5. The number of rotatable bonds is 64. The summed E-state index contributed by atoms with van der Waals surface area (Å²) in [6.07, 6.45) is 85.8. The third-order valence-corrected chi connectivity index (χ3v) is 16.3. The van der Waals surface area contributed by atoms with E-state index < -0.39 is 12.1 Å². The van der Waals surface area contributed by atoms with Gasteiger partial charge in [-0.05, 0) is 19.3 Å². The van der Waals surface area contributed by atoms with E-state index in [4.69, 9.17) is 0 Å². The first kappa shape index (κ1) is 71.1. The third-order valence-electron chi connectivity index (χ3n) is 16.3. The molecule has 4 heteroatoms. The number of carbonyl (C=O) groups is 1. The van der Waals surface area contributed by atoms with Gasteiger partial charge in [-0.15, -0.1) is 0 Å². The van der Waals surface area contributed by atoms with Gasteiger partial charge in [0.05, 0.1) is 18.8 Å². The number of amides is 1. The predicted molar refractivity (Wildman–Crippen MR) is 323 cm³/mol. The van der Waals surface area contributed by atoms with E-state index in [9.17, 15) is 15.0 Å². The fourth-order valence-corrected chi connectivity index (χ4v) is 11.1. The van der Waals surface area contributed by atoms with Crippen molar-refractivity contribution in [3.05, 3.63) is 12.2 Å². The average molecular weight is 1010 g/mol. The Morgan fingerprint density at radius 1 is 0.319 bits per heavy atom. The van der Waals surface area contributed by atoms with E-state index in [1.54, 1.807) is 6.08 Å². The highest BCUT2D eigenvalue weighted by molar-refractivity contribution is 5.76. The molecule has 0 aromatic carbocycles. The Balaban J connectivity index is 3.40. The number of carbonyl (C=O) groups excluding carboxylic acids is 1. The molecular weight excluding hydrogens is 879 g/mol. The van der Waals surface area contributed by atoms with Crippen LogP contribution >= 0.6 is 0 Å². The number of nitrogens with one attached hydrogen (secondary N) is 1. The fraction of sp³-hybridized carbons (Fsp3) is 0.956. The summed E-state index contributed by atoms with van der Waals surface area (Å²) in [6, 6.07) is -0.619. The summed E-state index contributed by atoms with van der Waals surface area (Å²) in [4.78, 5) is 12.5. The Morgan fingerprint density at radius 3 is 0.722 bits per heavy atom. The van der Waals surface area contributed by atoms with Crippen LogP contribution in [0.2, 0.25) is 0 Å². The number of hydrogen-bond acceptors (Lipinski definition) is 3. The van der Waals surface area contributed by atoms with Crippen molar-refractivity contribution in [3.63, 3.8) is 0 Å². The van der Waals surface area contributed by atoms with E-state index in [1.165, 1.54) is 353 Å². The molecule has 0 saturated carbocycles. The van der Waals surface area contributed by atoms with E-state index in [-0.39, 0.29) is 12.5 Å². The minimum Gasteiger partial charge on any atom is -0.394 e. The van der Waals surface area contributed by atoms with E-state index in [0.717, 1.165) is 25.7 Å². The lowest BCUT2D eigenvalue weighted by atomic mass is 10.0. The van der Waals surface area contributed by atoms with Crippen LogP contribution in [0.25, 0.3) is 0 Å². The Bertz CT molecular complexity index is 1010. The SMILES string of the molecule is CCCCCCCCCCCCCCCCCCCCCCCCCCCCCCC/C=C/C(O)C(CO)NC(=O)CCCCCCCCCCCCCCCCCCCCCCCCCCCCCCC. The second-order valence-corrected chi connectivity index (χ2v) is 23.6. The van der Waals surface area contributed by atoms with Crippen LogP contribution in [0, 0.1) is 0 Å². The van der Waals surface area contributed by atoms with Crippen LogP contribution < -0.4 is 5.32 Å². The predicted octanol–water partition coefficient (Wildman–Crippen LogP) is 22.8. The molecular formula is C68H135NO3. The first-order chi connectivity index (χ1) is 35.7. The van der Waals surface area contributed by atoms with Gasteiger partial charge in [0.25, 0.3) is 0 Å². The summed E-state index contributed by atoms with van der Waals surface area (Å²) in [5.41, 5.74) is 0. The van der Waals surface area contributed by atoms with Crippen molar-refractivity contribution in [2.75, 3.05) is 6.61 Å². The summed E-state index contributed by atoms with van der Waals surface area (Å²) in [5, 5.41) is 23.3. The number of aliphatic hydroxyl groups is 2. The van der Waals surface area contributed by atoms with Gasteiger partial charge in [-0.25, -0.2) is 0 Å². The number of aliphatic hydroxyl groups excluding tert-OH is 2. The highest BCUT2D eigenvalue weighted by atomic mass is 16.3. The Hall–Kier alpha value is -0.870. The van der Waals surface area contributed by atoms with Gasteiger partial charge in [-0.2, -0.15) is 0 Å². The molecule has 72 heavy (non-hydrogen) atoms. The maximum Gasteiger partial charge on any atom is 0.220 e. The highest BCUT2D eigenvalue weighted by Crippen LogP contribution is 2.19. The van der Waals surface area contributed by atoms with Gasteiger partial charge < -0.3 is 15.5 Å². The second kappa shape index (κ2) is 64.4. The molecule has 0 bridgehead atoms. The summed E-state index contributed by atoms with van der Waals surface area (Å²) in [5.74, 6) is -0.0533. The fourth-order valence-electron chi connectivity index (χ4n) is 11.1. The first-order valence-electron chi connectivity index (χ1n) is 33.9. The van der Waals surface area contributed by atoms with Crippen LogP contribution in [0.3, 0.4) is 0 Å². The Morgan fingerprint density at radius 2 is 0.514 bits per heavy atom. The molecule has 0 aromatic rings.